The molecule has 4 nitrogen and oxygen atoms in total. The summed E-state index contributed by atoms with van der Waals surface area (Å²) < 4.78 is 4.80. The molecule has 3 fully saturated rings. The third-order valence-electron chi connectivity index (χ3n) is 4.76. The number of esters is 1. The molecule has 0 aromatic heterocycles. The van der Waals surface area contributed by atoms with Crippen molar-refractivity contribution in [3.05, 3.63) is 0 Å². The molecule has 1 aliphatic carbocycles. The number of Topliss-reactive ketones (excluding diaryl/α,β-unsaturated/α-hetero) is 1. The average Bonchev–Trinajstić information content (AvgIpc) is 2.92. The molecule has 0 N–H and O–H groups in total. The van der Waals surface area contributed by atoms with Gasteiger partial charge in [0.2, 0.25) is 0 Å². The molecule has 3 rings (SSSR count). The van der Waals surface area contributed by atoms with E-state index < -0.39 is 0 Å². The Morgan fingerprint density at radius 2 is 2.18 bits per heavy atom. The minimum absolute atomic E-state index is 0.0507. The van der Waals surface area contributed by atoms with E-state index in [1.54, 1.807) is 0 Å². The van der Waals surface area contributed by atoms with Gasteiger partial charge in [-0.25, -0.2) is 0 Å². The van der Waals surface area contributed by atoms with E-state index in [0.717, 1.165) is 32.2 Å². The first-order valence-electron chi connectivity index (χ1n) is 6.59. The van der Waals surface area contributed by atoms with Gasteiger partial charge in [0.25, 0.3) is 0 Å². The fraction of sp³-hybridized carbons (Fsp3) is 0.846. The van der Waals surface area contributed by atoms with Gasteiger partial charge in [-0.05, 0) is 38.6 Å². The zero-order valence-corrected chi connectivity index (χ0v) is 10.2. The van der Waals surface area contributed by atoms with Gasteiger partial charge < -0.3 is 4.74 Å². The highest BCUT2D eigenvalue weighted by molar-refractivity contribution is 5.90. The molecule has 0 aromatic carbocycles. The van der Waals surface area contributed by atoms with Gasteiger partial charge in [0.1, 0.15) is 0 Å². The summed E-state index contributed by atoms with van der Waals surface area (Å²) in [5.74, 6) is 0.299. The SMILES string of the molecule is COC(=O)[C@@H]1CC[C@@H]2[C@H](C1)C(=O)[C@H]1CCCN12. The molecule has 3 aliphatic rings. The summed E-state index contributed by atoms with van der Waals surface area (Å²) in [6.07, 6.45) is 4.75. The fourth-order valence-electron chi connectivity index (χ4n) is 3.98. The van der Waals surface area contributed by atoms with Crippen LogP contribution >= 0.6 is 0 Å². The Morgan fingerprint density at radius 1 is 1.35 bits per heavy atom. The number of methoxy groups -OCH3 is 1. The zero-order valence-electron chi connectivity index (χ0n) is 10.2. The van der Waals surface area contributed by atoms with Crippen molar-refractivity contribution in [2.45, 2.75) is 44.2 Å². The number of hydrogen-bond donors (Lipinski definition) is 0. The largest absolute Gasteiger partial charge is 0.469 e. The Bertz CT molecular complexity index is 355. The van der Waals surface area contributed by atoms with E-state index in [9.17, 15) is 9.59 Å². The monoisotopic (exact) mass is 237 g/mol. The van der Waals surface area contributed by atoms with Gasteiger partial charge in [0, 0.05) is 12.0 Å². The maximum Gasteiger partial charge on any atom is 0.308 e. The quantitative estimate of drug-likeness (QED) is 0.638. The standard InChI is InChI=1S/C13H19NO3/c1-17-13(16)8-4-5-10-9(7-8)12(15)11-3-2-6-14(10)11/h8-11H,2-7H2,1H3/t8-,9+,10-,11-/m1/s1. The second kappa shape index (κ2) is 4.09. The lowest BCUT2D eigenvalue weighted by molar-refractivity contribution is -0.147. The number of rotatable bonds is 1. The number of nitrogens with zero attached hydrogens (tertiary/aromatic N) is 1. The van der Waals surface area contributed by atoms with Crippen LogP contribution in [-0.4, -0.2) is 42.4 Å². The van der Waals surface area contributed by atoms with Crippen LogP contribution in [0.15, 0.2) is 0 Å². The van der Waals surface area contributed by atoms with Crippen LogP contribution in [0.2, 0.25) is 0 Å². The molecular formula is C13H19NO3. The van der Waals surface area contributed by atoms with E-state index >= 15 is 0 Å². The number of hydrogen-bond acceptors (Lipinski definition) is 4. The molecule has 0 unspecified atom stereocenters. The molecule has 17 heavy (non-hydrogen) atoms. The molecule has 2 aliphatic heterocycles. The summed E-state index contributed by atoms with van der Waals surface area (Å²) >= 11 is 0. The first kappa shape index (κ1) is 11.2. The molecule has 0 spiro atoms. The number of ether oxygens (including phenoxy) is 1. The van der Waals surface area contributed by atoms with Crippen molar-refractivity contribution in [3.63, 3.8) is 0 Å². The number of fused-ring (bicyclic) bond motifs is 3. The van der Waals surface area contributed by atoms with Gasteiger partial charge in [-0.1, -0.05) is 0 Å². The number of ketones is 1. The minimum atomic E-state index is -0.136. The summed E-state index contributed by atoms with van der Waals surface area (Å²) in [5, 5.41) is 0. The molecule has 94 valence electrons. The van der Waals surface area contributed by atoms with Crippen molar-refractivity contribution in [3.8, 4) is 0 Å². The van der Waals surface area contributed by atoms with Crippen LogP contribution in [0.25, 0.3) is 0 Å². The molecule has 0 amide bonds. The Kier molecular flexibility index (Phi) is 2.69. The Labute approximate surface area is 101 Å². The lowest BCUT2D eigenvalue weighted by atomic mass is 9.77. The maximum atomic E-state index is 12.3. The first-order valence-corrected chi connectivity index (χ1v) is 6.59. The van der Waals surface area contributed by atoms with Crippen LogP contribution in [-0.2, 0) is 14.3 Å². The highest BCUT2D eigenvalue weighted by atomic mass is 16.5. The van der Waals surface area contributed by atoms with Crippen LogP contribution < -0.4 is 0 Å². The molecule has 1 saturated carbocycles. The molecule has 4 atom stereocenters. The molecule has 2 heterocycles. The van der Waals surface area contributed by atoms with Crippen molar-refractivity contribution in [1.29, 1.82) is 0 Å². The highest BCUT2D eigenvalue weighted by Crippen LogP contribution is 2.43. The van der Waals surface area contributed by atoms with Gasteiger partial charge in [0.05, 0.1) is 19.1 Å². The second-order valence-corrected chi connectivity index (χ2v) is 5.51. The second-order valence-electron chi connectivity index (χ2n) is 5.51. The molecule has 0 bridgehead atoms. The van der Waals surface area contributed by atoms with Gasteiger partial charge in [-0.3, -0.25) is 14.5 Å². The van der Waals surface area contributed by atoms with E-state index in [1.165, 1.54) is 7.11 Å². The topological polar surface area (TPSA) is 46.6 Å². The highest BCUT2D eigenvalue weighted by Gasteiger charge is 2.52. The van der Waals surface area contributed by atoms with Gasteiger partial charge in [-0.15, -0.1) is 0 Å². The smallest absolute Gasteiger partial charge is 0.308 e. The first-order chi connectivity index (χ1) is 8.22. The van der Waals surface area contributed by atoms with Crippen LogP contribution in [0.3, 0.4) is 0 Å². The van der Waals surface area contributed by atoms with Crippen molar-refractivity contribution >= 4 is 11.8 Å². The van der Waals surface area contributed by atoms with Crippen LogP contribution in [0.4, 0.5) is 0 Å². The summed E-state index contributed by atoms with van der Waals surface area (Å²) in [5.41, 5.74) is 0. The third kappa shape index (κ3) is 1.61. The Hall–Kier alpha value is -0.900. The molecule has 0 radical (unpaired) electrons. The van der Waals surface area contributed by atoms with Crippen molar-refractivity contribution in [1.82, 2.24) is 4.90 Å². The Morgan fingerprint density at radius 3 is 2.94 bits per heavy atom. The predicted molar refractivity (Wildman–Crippen MR) is 61.4 cm³/mol. The van der Waals surface area contributed by atoms with Gasteiger partial charge in [-0.2, -0.15) is 0 Å². The van der Waals surface area contributed by atoms with Gasteiger partial charge >= 0.3 is 5.97 Å². The van der Waals surface area contributed by atoms with Crippen LogP contribution in [0, 0.1) is 11.8 Å². The molecule has 2 saturated heterocycles. The van der Waals surface area contributed by atoms with E-state index in [-0.39, 0.29) is 23.8 Å². The van der Waals surface area contributed by atoms with Gasteiger partial charge in [0.15, 0.2) is 5.78 Å². The van der Waals surface area contributed by atoms with E-state index in [2.05, 4.69) is 4.90 Å². The predicted octanol–water partition coefficient (Wildman–Crippen LogP) is 0.991. The third-order valence-corrected chi connectivity index (χ3v) is 4.76. The van der Waals surface area contributed by atoms with E-state index in [1.807, 2.05) is 0 Å². The van der Waals surface area contributed by atoms with Crippen molar-refractivity contribution in [2.75, 3.05) is 13.7 Å². The lowest BCUT2D eigenvalue weighted by Gasteiger charge is -2.33. The Balaban J connectivity index is 1.76. The summed E-state index contributed by atoms with van der Waals surface area (Å²) in [7, 11) is 1.43. The zero-order chi connectivity index (χ0) is 12.0. The summed E-state index contributed by atoms with van der Waals surface area (Å²) in [6.45, 7) is 1.07. The van der Waals surface area contributed by atoms with Crippen molar-refractivity contribution < 1.29 is 14.3 Å². The molecule has 4 heteroatoms. The normalized spacial score (nSPS) is 41.1. The lowest BCUT2D eigenvalue weighted by Crippen LogP contribution is -2.39. The summed E-state index contributed by atoms with van der Waals surface area (Å²) in [6, 6.07) is 0.581. The number of carbonyl (C=O) groups is 2. The van der Waals surface area contributed by atoms with E-state index in [4.69, 9.17) is 4.74 Å². The fourth-order valence-corrected chi connectivity index (χ4v) is 3.98. The summed E-state index contributed by atoms with van der Waals surface area (Å²) in [4.78, 5) is 26.2. The van der Waals surface area contributed by atoms with Crippen LogP contribution in [0.5, 0.6) is 0 Å². The number of carbonyl (C=O) groups excluding carboxylic acids is 2. The van der Waals surface area contributed by atoms with Crippen LogP contribution in [0.1, 0.15) is 32.1 Å². The molecule has 0 aromatic rings. The maximum absolute atomic E-state index is 12.3. The van der Waals surface area contributed by atoms with Crippen molar-refractivity contribution in [2.24, 2.45) is 11.8 Å². The van der Waals surface area contributed by atoms with E-state index in [0.29, 0.717) is 18.2 Å². The minimum Gasteiger partial charge on any atom is -0.469 e. The average molecular weight is 237 g/mol. The molecular weight excluding hydrogens is 218 g/mol.